The summed E-state index contributed by atoms with van der Waals surface area (Å²) in [7, 11) is 0. The quantitative estimate of drug-likeness (QED) is 0.480. The number of hydrogen-bond donors (Lipinski definition) is 2. The summed E-state index contributed by atoms with van der Waals surface area (Å²) in [5, 5.41) is 3.40. The maximum absolute atomic E-state index is 13.3. The molecule has 1 aromatic rings. The normalized spacial score (nSPS) is 22.0. The van der Waals surface area contributed by atoms with Crippen molar-refractivity contribution < 1.29 is 9.13 Å². The van der Waals surface area contributed by atoms with E-state index in [9.17, 15) is 4.39 Å². The molecule has 3 N–H and O–H groups in total. The molecule has 1 saturated heterocycles. The summed E-state index contributed by atoms with van der Waals surface area (Å²) in [6.45, 7) is 3.71. The molecule has 6 heteroatoms. The van der Waals surface area contributed by atoms with Crippen molar-refractivity contribution in [2.24, 2.45) is 10.7 Å². The fraction of sp³-hybridized carbons (Fsp3) is 0.650. The van der Waals surface area contributed by atoms with Gasteiger partial charge in [-0.25, -0.2) is 4.39 Å². The summed E-state index contributed by atoms with van der Waals surface area (Å²) >= 11 is 0. The predicted octanol–water partition coefficient (Wildman–Crippen LogP) is 2.83. The lowest BCUT2D eigenvalue weighted by Gasteiger charge is -2.34. The minimum absolute atomic E-state index is 0.0917. The number of rotatable bonds is 5. The van der Waals surface area contributed by atoms with Crippen molar-refractivity contribution in [3.05, 3.63) is 35.6 Å². The Morgan fingerprint density at radius 2 is 1.81 bits per heavy atom. The first-order valence-electron chi connectivity index (χ1n) is 9.86. The molecule has 2 aliphatic rings. The molecular formula is C20H31FN4O. The van der Waals surface area contributed by atoms with Gasteiger partial charge in [0.15, 0.2) is 5.96 Å². The molecule has 2 fully saturated rings. The smallest absolute Gasteiger partial charge is 0.188 e. The zero-order valence-corrected chi connectivity index (χ0v) is 15.5. The van der Waals surface area contributed by atoms with Gasteiger partial charge < -0.3 is 15.8 Å². The van der Waals surface area contributed by atoms with Crippen LogP contribution in [0.1, 0.15) is 50.1 Å². The Kier molecular flexibility index (Phi) is 7.26. The van der Waals surface area contributed by atoms with Crippen LogP contribution in [0.3, 0.4) is 0 Å². The van der Waals surface area contributed by atoms with Crippen molar-refractivity contribution in [3.8, 4) is 0 Å². The summed E-state index contributed by atoms with van der Waals surface area (Å²) < 4.78 is 18.8. The van der Waals surface area contributed by atoms with Crippen molar-refractivity contribution in [2.75, 3.05) is 32.8 Å². The predicted molar refractivity (Wildman–Crippen MR) is 103 cm³/mol. The van der Waals surface area contributed by atoms with Crippen LogP contribution >= 0.6 is 0 Å². The van der Waals surface area contributed by atoms with E-state index in [4.69, 9.17) is 10.5 Å². The third-order valence-corrected chi connectivity index (χ3v) is 5.38. The number of ether oxygens (including phenoxy) is 1. The van der Waals surface area contributed by atoms with Gasteiger partial charge in [0.05, 0.1) is 25.8 Å². The second-order valence-electron chi connectivity index (χ2n) is 7.27. The van der Waals surface area contributed by atoms with Crippen LogP contribution in [-0.2, 0) is 4.74 Å². The Morgan fingerprint density at radius 3 is 2.46 bits per heavy atom. The van der Waals surface area contributed by atoms with Crippen molar-refractivity contribution in [3.63, 3.8) is 0 Å². The monoisotopic (exact) mass is 362 g/mol. The number of aliphatic imine (C=N–C) groups is 1. The number of benzene rings is 1. The molecule has 144 valence electrons. The summed E-state index contributed by atoms with van der Waals surface area (Å²) in [5.41, 5.74) is 7.24. The van der Waals surface area contributed by atoms with E-state index in [1.54, 1.807) is 0 Å². The summed E-state index contributed by atoms with van der Waals surface area (Å²) in [5.74, 6) is 0.310. The van der Waals surface area contributed by atoms with Crippen LogP contribution in [0.2, 0.25) is 0 Å². The maximum Gasteiger partial charge on any atom is 0.188 e. The number of nitrogens with zero attached hydrogens (tertiary/aromatic N) is 2. The van der Waals surface area contributed by atoms with Crippen molar-refractivity contribution in [1.82, 2.24) is 10.2 Å². The molecule has 1 aliphatic carbocycles. The van der Waals surface area contributed by atoms with E-state index in [1.807, 2.05) is 12.1 Å². The van der Waals surface area contributed by atoms with E-state index in [2.05, 4.69) is 15.2 Å². The number of nitrogens with two attached hydrogens (primary N) is 1. The highest BCUT2D eigenvalue weighted by atomic mass is 19.1. The van der Waals surface area contributed by atoms with E-state index in [-0.39, 0.29) is 11.9 Å². The average molecular weight is 362 g/mol. The molecule has 0 radical (unpaired) electrons. The molecule has 0 spiro atoms. The van der Waals surface area contributed by atoms with Crippen LogP contribution in [0.5, 0.6) is 0 Å². The van der Waals surface area contributed by atoms with Gasteiger partial charge in [0.25, 0.3) is 0 Å². The lowest BCUT2D eigenvalue weighted by atomic mass is 10.0. The van der Waals surface area contributed by atoms with Crippen molar-refractivity contribution >= 4 is 5.96 Å². The molecule has 1 saturated carbocycles. The Balaban J connectivity index is 1.65. The third kappa shape index (κ3) is 5.68. The minimum atomic E-state index is -0.215. The van der Waals surface area contributed by atoms with Gasteiger partial charge in [0.1, 0.15) is 5.82 Å². The van der Waals surface area contributed by atoms with Crippen LogP contribution in [0.25, 0.3) is 0 Å². The molecule has 0 amide bonds. The number of nitrogens with one attached hydrogen (secondary N) is 1. The number of guanidine groups is 1. The number of halogens is 1. The van der Waals surface area contributed by atoms with Gasteiger partial charge in [-0.15, -0.1) is 0 Å². The van der Waals surface area contributed by atoms with Crippen molar-refractivity contribution in [2.45, 2.75) is 50.6 Å². The van der Waals surface area contributed by atoms with Crippen LogP contribution < -0.4 is 11.1 Å². The van der Waals surface area contributed by atoms with E-state index < -0.39 is 0 Å². The van der Waals surface area contributed by atoms with Gasteiger partial charge in [-0.1, -0.05) is 37.8 Å². The topological polar surface area (TPSA) is 62.9 Å². The average Bonchev–Trinajstić information content (AvgIpc) is 2.93. The Bertz CT molecular complexity index is 564. The van der Waals surface area contributed by atoms with Crippen LogP contribution in [0.4, 0.5) is 4.39 Å². The van der Waals surface area contributed by atoms with E-state index >= 15 is 0 Å². The Morgan fingerprint density at radius 1 is 1.15 bits per heavy atom. The first kappa shape index (κ1) is 19.1. The number of hydrogen-bond acceptors (Lipinski definition) is 3. The zero-order valence-electron chi connectivity index (χ0n) is 15.5. The van der Waals surface area contributed by atoms with Gasteiger partial charge in [-0.05, 0) is 30.5 Å². The maximum atomic E-state index is 13.3. The Hall–Kier alpha value is -1.66. The summed E-state index contributed by atoms with van der Waals surface area (Å²) in [6.07, 6.45) is 7.49. The standard InChI is InChI=1S/C20H31FN4O/c21-17-9-7-16(8-10-17)19(25-11-13-26-14-12-25)15-23-20(22)24-18-5-3-1-2-4-6-18/h7-10,18-19H,1-6,11-15H2,(H3,22,23,24). The molecule has 26 heavy (non-hydrogen) atoms. The van der Waals surface area contributed by atoms with Crippen LogP contribution in [0.15, 0.2) is 29.3 Å². The minimum Gasteiger partial charge on any atom is -0.379 e. The molecule has 0 bridgehead atoms. The molecule has 3 rings (SSSR count). The first-order chi connectivity index (χ1) is 12.7. The van der Waals surface area contributed by atoms with E-state index in [0.29, 0.717) is 18.5 Å². The van der Waals surface area contributed by atoms with Gasteiger partial charge >= 0.3 is 0 Å². The largest absolute Gasteiger partial charge is 0.379 e. The highest BCUT2D eigenvalue weighted by molar-refractivity contribution is 5.78. The molecule has 0 aromatic heterocycles. The van der Waals surface area contributed by atoms with Gasteiger partial charge in [0.2, 0.25) is 0 Å². The molecule has 5 nitrogen and oxygen atoms in total. The first-order valence-corrected chi connectivity index (χ1v) is 9.86. The lowest BCUT2D eigenvalue weighted by Crippen LogP contribution is -2.42. The zero-order chi connectivity index (χ0) is 18.2. The fourth-order valence-electron chi connectivity index (χ4n) is 3.87. The number of morpholine rings is 1. The fourth-order valence-corrected chi connectivity index (χ4v) is 3.87. The Labute approximate surface area is 155 Å². The second-order valence-corrected chi connectivity index (χ2v) is 7.27. The SMILES string of the molecule is NC(=NCC(c1ccc(F)cc1)N1CCOCC1)NC1CCCCCC1. The second kappa shape index (κ2) is 9.88. The lowest BCUT2D eigenvalue weighted by molar-refractivity contribution is 0.0179. The molecule has 1 aliphatic heterocycles. The summed E-state index contributed by atoms with van der Waals surface area (Å²) in [6, 6.07) is 7.25. The van der Waals surface area contributed by atoms with Crippen LogP contribution in [-0.4, -0.2) is 49.7 Å². The van der Waals surface area contributed by atoms with Gasteiger partial charge in [0, 0.05) is 19.1 Å². The van der Waals surface area contributed by atoms with E-state index in [1.165, 1.54) is 50.7 Å². The highest BCUT2D eigenvalue weighted by Crippen LogP contribution is 2.23. The molecular weight excluding hydrogens is 331 g/mol. The molecule has 1 heterocycles. The molecule has 1 aromatic carbocycles. The molecule has 1 unspecified atom stereocenters. The third-order valence-electron chi connectivity index (χ3n) is 5.38. The summed E-state index contributed by atoms with van der Waals surface area (Å²) in [4.78, 5) is 6.98. The van der Waals surface area contributed by atoms with Gasteiger partial charge in [-0.2, -0.15) is 0 Å². The molecule has 1 atom stereocenters. The van der Waals surface area contributed by atoms with Crippen molar-refractivity contribution in [1.29, 1.82) is 0 Å². The van der Waals surface area contributed by atoms with Gasteiger partial charge in [-0.3, -0.25) is 9.89 Å². The van der Waals surface area contributed by atoms with E-state index in [0.717, 1.165) is 31.9 Å². The highest BCUT2D eigenvalue weighted by Gasteiger charge is 2.23. The van der Waals surface area contributed by atoms with Crippen LogP contribution in [0, 0.1) is 5.82 Å².